The van der Waals surface area contributed by atoms with Crippen LogP contribution in [0.15, 0.2) is 6.20 Å². The molecule has 3 nitrogen and oxygen atoms in total. The van der Waals surface area contributed by atoms with E-state index < -0.39 is 16.3 Å². The van der Waals surface area contributed by atoms with Crippen LogP contribution in [-0.2, 0) is 12.4 Å². The van der Waals surface area contributed by atoms with E-state index in [2.05, 4.69) is 5.10 Å². The molecule has 72 valence electrons. The van der Waals surface area contributed by atoms with Crippen LogP contribution in [0.1, 0.15) is 16.1 Å². The Balaban J connectivity index is 3.28. The summed E-state index contributed by atoms with van der Waals surface area (Å²) >= 11 is 9.74. The molecule has 0 saturated heterocycles. The van der Waals surface area contributed by atoms with Crippen molar-refractivity contribution in [3.8, 4) is 0 Å². The molecule has 13 heavy (non-hydrogen) atoms. The van der Waals surface area contributed by atoms with Gasteiger partial charge in [0.1, 0.15) is 0 Å². The van der Waals surface area contributed by atoms with E-state index in [0.717, 1.165) is 10.9 Å². The van der Waals surface area contributed by atoms with E-state index in [4.69, 9.17) is 23.2 Å². The van der Waals surface area contributed by atoms with Gasteiger partial charge in [-0.3, -0.25) is 9.48 Å². The first kappa shape index (κ1) is 10.4. The molecule has 0 atom stereocenters. The van der Waals surface area contributed by atoms with Crippen LogP contribution in [0.2, 0.25) is 0 Å². The predicted octanol–water partition coefficient (Wildman–Crippen LogP) is 2.09. The molecule has 0 radical (unpaired) electrons. The van der Waals surface area contributed by atoms with Gasteiger partial charge in [0, 0.05) is 13.2 Å². The van der Waals surface area contributed by atoms with Gasteiger partial charge in [-0.2, -0.15) is 13.9 Å². The number of alkyl halides is 3. The van der Waals surface area contributed by atoms with Gasteiger partial charge in [0.2, 0.25) is 0 Å². The first-order valence-electron chi connectivity index (χ1n) is 3.13. The first-order chi connectivity index (χ1) is 5.82. The molecule has 0 amide bonds. The van der Waals surface area contributed by atoms with Gasteiger partial charge in [-0.05, 0) is 23.2 Å². The van der Waals surface area contributed by atoms with E-state index in [1.54, 1.807) is 0 Å². The maximum Gasteiger partial charge on any atom is 0.367 e. The molecule has 0 unspecified atom stereocenters. The Morgan fingerprint density at radius 2 is 2.23 bits per heavy atom. The number of rotatable bonds is 2. The van der Waals surface area contributed by atoms with Crippen molar-refractivity contribution in [2.75, 3.05) is 0 Å². The highest BCUT2D eigenvalue weighted by Gasteiger charge is 2.36. The first-order valence-corrected chi connectivity index (χ1v) is 3.88. The number of carbonyl (C=O) groups is 1. The summed E-state index contributed by atoms with van der Waals surface area (Å²) in [6.07, 6.45) is 1.08. The molecule has 1 heterocycles. The molecule has 0 aromatic carbocycles. The Kier molecular flexibility index (Phi) is 2.58. The van der Waals surface area contributed by atoms with Gasteiger partial charge in [0.05, 0.1) is 5.56 Å². The number of hydrogen-bond donors (Lipinski definition) is 0. The van der Waals surface area contributed by atoms with E-state index in [-0.39, 0.29) is 5.56 Å². The van der Waals surface area contributed by atoms with Gasteiger partial charge in [-0.1, -0.05) is 0 Å². The van der Waals surface area contributed by atoms with E-state index in [1.165, 1.54) is 7.05 Å². The van der Waals surface area contributed by atoms with Crippen LogP contribution >= 0.6 is 23.2 Å². The Morgan fingerprint density at radius 1 is 1.69 bits per heavy atom. The lowest BCUT2D eigenvalue weighted by atomic mass is 10.3. The zero-order chi connectivity index (χ0) is 10.2. The summed E-state index contributed by atoms with van der Waals surface area (Å²) in [5.41, 5.74) is -1.21. The molecular weight excluding hydrogens is 225 g/mol. The number of nitrogens with zero attached hydrogens (tertiary/aromatic N) is 2. The summed E-state index contributed by atoms with van der Waals surface area (Å²) in [4.78, 5) is 10.6. The average molecular weight is 229 g/mol. The fourth-order valence-electron chi connectivity index (χ4n) is 0.842. The highest BCUT2D eigenvalue weighted by atomic mass is 35.5. The number of aromatic nitrogens is 2. The number of aryl methyl sites for hydroxylation is 1. The van der Waals surface area contributed by atoms with E-state index in [9.17, 15) is 13.6 Å². The van der Waals surface area contributed by atoms with E-state index in [0.29, 0.717) is 0 Å². The van der Waals surface area contributed by atoms with E-state index >= 15 is 0 Å². The highest BCUT2D eigenvalue weighted by molar-refractivity contribution is 6.68. The summed E-state index contributed by atoms with van der Waals surface area (Å²) < 4.78 is 26.2. The van der Waals surface area contributed by atoms with Crippen LogP contribution in [0.3, 0.4) is 0 Å². The minimum atomic E-state index is -3.68. The van der Waals surface area contributed by atoms with Crippen LogP contribution in [0, 0.1) is 0 Å². The van der Waals surface area contributed by atoms with Crippen molar-refractivity contribution in [2.45, 2.75) is 5.38 Å². The third kappa shape index (κ3) is 2.16. The predicted molar refractivity (Wildman–Crippen MR) is 43.1 cm³/mol. The van der Waals surface area contributed by atoms with Crippen molar-refractivity contribution in [2.24, 2.45) is 7.05 Å². The SMILES string of the molecule is Cn1cc(C(=O)Cl)c(C(F)(F)Cl)n1. The molecule has 0 aliphatic carbocycles. The average Bonchev–Trinajstić information content (AvgIpc) is 2.29. The molecule has 0 aliphatic heterocycles. The zero-order valence-corrected chi connectivity index (χ0v) is 7.90. The van der Waals surface area contributed by atoms with Gasteiger partial charge in [-0.15, -0.1) is 0 Å². The van der Waals surface area contributed by atoms with Crippen molar-refractivity contribution in [1.82, 2.24) is 9.78 Å². The molecule has 0 N–H and O–H groups in total. The summed E-state index contributed by atoms with van der Waals surface area (Å²) in [6, 6.07) is 0. The lowest BCUT2D eigenvalue weighted by Gasteiger charge is -2.03. The van der Waals surface area contributed by atoms with Crippen molar-refractivity contribution in [1.29, 1.82) is 0 Å². The Morgan fingerprint density at radius 3 is 2.54 bits per heavy atom. The molecule has 0 fully saturated rings. The van der Waals surface area contributed by atoms with Crippen molar-refractivity contribution in [3.05, 3.63) is 17.5 Å². The van der Waals surface area contributed by atoms with Gasteiger partial charge in [-0.25, -0.2) is 0 Å². The quantitative estimate of drug-likeness (QED) is 0.574. The van der Waals surface area contributed by atoms with Crippen LogP contribution in [0.4, 0.5) is 8.78 Å². The standard InChI is InChI=1S/C6H4Cl2F2N2O/c1-12-2-3(5(7)13)4(11-12)6(8,9)10/h2H,1H3. The molecule has 1 aromatic rings. The smallest absolute Gasteiger partial charge is 0.275 e. The maximum absolute atomic E-state index is 12.6. The second-order valence-corrected chi connectivity index (χ2v) is 3.15. The van der Waals surface area contributed by atoms with Gasteiger partial charge >= 0.3 is 5.38 Å². The summed E-state index contributed by atoms with van der Waals surface area (Å²) in [7, 11) is 1.38. The minimum Gasteiger partial charge on any atom is -0.275 e. The van der Waals surface area contributed by atoms with Gasteiger partial charge in [0.15, 0.2) is 5.69 Å². The Bertz CT molecular complexity index is 345. The topological polar surface area (TPSA) is 34.9 Å². The fraction of sp³-hybridized carbons (Fsp3) is 0.333. The summed E-state index contributed by atoms with van der Waals surface area (Å²) in [5.74, 6) is 0. The van der Waals surface area contributed by atoms with Crippen molar-refractivity contribution >= 4 is 28.4 Å². The molecule has 0 bridgehead atoms. The maximum atomic E-state index is 12.6. The van der Waals surface area contributed by atoms with Crippen LogP contribution < -0.4 is 0 Å². The Labute approximate surface area is 82.2 Å². The monoisotopic (exact) mass is 228 g/mol. The molecule has 1 aromatic heterocycles. The minimum absolute atomic E-state index is 0.385. The molecule has 1 rings (SSSR count). The van der Waals surface area contributed by atoms with Gasteiger partial charge in [0.25, 0.3) is 5.24 Å². The fourth-order valence-corrected chi connectivity index (χ4v) is 1.12. The third-order valence-electron chi connectivity index (χ3n) is 1.31. The normalized spacial score (nSPS) is 11.8. The largest absolute Gasteiger partial charge is 0.367 e. The number of halogens is 4. The number of carbonyl (C=O) groups excluding carboxylic acids is 1. The zero-order valence-electron chi connectivity index (χ0n) is 6.39. The third-order valence-corrected chi connectivity index (χ3v) is 1.69. The molecule has 7 heteroatoms. The second kappa shape index (κ2) is 3.23. The lowest BCUT2D eigenvalue weighted by Crippen LogP contribution is -2.09. The summed E-state index contributed by atoms with van der Waals surface area (Å²) in [6.45, 7) is 0. The lowest BCUT2D eigenvalue weighted by molar-refractivity contribution is 0.0861. The summed E-state index contributed by atoms with van der Waals surface area (Å²) in [5, 5.41) is -1.36. The Hall–Kier alpha value is -0.680. The van der Waals surface area contributed by atoms with E-state index in [1.807, 2.05) is 0 Å². The highest BCUT2D eigenvalue weighted by Crippen LogP contribution is 2.33. The molecular formula is C6H4Cl2F2N2O. The van der Waals surface area contributed by atoms with Crippen molar-refractivity contribution in [3.63, 3.8) is 0 Å². The number of hydrogen-bond acceptors (Lipinski definition) is 2. The molecule has 0 saturated carbocycles. The second-order valence-electron chi connectivity index (χ2n) is 2.34. The van der Waals surface area contributed by atoms with Crippen LogP contribution in [0.25, 0.3) is 0 Å². The molecule has 0 aliphatic rings. The molecule has 0 spiro atoms. The van der Waals surface area contributed by atoms with Crippen LogP contribution in [-0.4, -0.2) is 15.0 Å². The van der Waals surface area contributed by atoms with Crippen LogP contribution in [0.5, 0.6) is 0 Å². The van der Waals surface area contributed by atoms with Crippen molar-refractivity contribution < 1.29 is 13.6 Å². The van der Waals surface area contributed by atoms with Gasteiger partial charge < -0.3 is 0 Å².